The van der Waals surface area contributed by atoms with Gasteiger partial charge in [0.15, 0.2) is 0 Å². The van der Waals surface area contributed by atoms with Crippen LogP contribution in [0.5, 0.6) is 0 Å². The summed E-state index contributed by atoms with van der Waals surface area (Å²) in [4.78, 5) is 24.8. The Bertz CT molecular complexity index is 403. The van der Waals surface area contributed by atoms with Crippen molar-refractivity contribution in [3.63, 3.8) is 0 Å². The molecule has 3 amide bonds. The second-order valence-electron chi connectivity index (χ2n) is 3.80. The van der Waals surface area contributed by atoms with Crippen molar-refractivity contribution in [3.8, 4) is 0 Å². The van der Waals surface area contributed by atoms with E-state index in [1.807, 2.05) is 37.3 Å². The molecule has 1 aliphatic heterocycles. The second kappa shape index (κ2) is 4.35. The molecule has 1 heterocycles. The zero-order valence-electron chi connectivity index (χ0n) is 9.14. The van der Waals surface area contributed by atoms with Crippen molar-refractivity contribution < 1.29 is 9.59 Å². The maximum absolute atomic E-state index is 11.7. The lowest BCUT2D eigenvalue weighted by atomic mass is 10.1. The highest BCUT2D eigenvalue weighted by Crippen LogP contribution is 2.25. The average molecular weight is 218 g/mol. The predicted octanol–water partition coefficient (Wildman–Crippen LogP) is 1.69. The number of carbonyl (C=O) groups excluding carboxylic acids is 2. The van der Waals surface area contributed by atoms with Crippen LogP contribution in [0.3, 0.4) is 0 Å². The lowest BCUT2D eigenvalue weighted by Crippen LogP contribution is -2.30. The molecular weight excluding hydrogens is 204 g/mol. The molecule has 1 atom stereocenters. The van der Waals surface area contributed by atoms with E-state index in [2.05, 4.69) is 5.32 Å². The molecule has 1 N–H and O–H groups in total. The molecule has 0 unspecified atom stereocenters. The minimum Gasteiger partial charge on any atom is -0.308 e. The van der Waals surface area contributed by atoms with E-state index in [4.69, 9.17) is 0 Å². The minimum atomic E-state index is -0.464. The van der Waals surface area contributed by atoms with E-state index in [0.717, 1.165) is 12.0 Å². The van der Waals surface area contributed by atoms with Crippen LogP contribution in [0.1, 0.15) is 24.9 Å². The van der Waals surface area contributed by atoms with Crippen molar-refractivity contribution in [2.24, 2.45) is 0 Å². The van der Waals surface area contributed by atoms with E-state index in [0.29, 0.717) is 6.54 Å². The first-order valence-corrected chi connectivity index (χ1v) is 5.40. The molecule has 0 bridgehead atoms. The number of nitrogens with one attached hydrogen (secondary N) is 1. The van der Waals surface area contributed by atoms with Crippen molar-refractivity contribution in [2.45, 2.75) is 19.4 Å². The summed E-state index contributed by atoms with van der Waals surface area (Å²) in [6.45, 7) is 2.58. The zero-order valence-corrected chi connectivity index (χ0v) is 9.14. The van der Waals surface area contributed by atoms with Crippen LogP contribution in [-0.2, 0) is 4.79 Å². The van der Waals surface area contributed by atoms with Gasteiger partial charge in [0.05, 0.1) is 0 Å². The number of urea groups is 1. The predicted molar refractivity (Wildman–Crippen MR) is 59.7 cm³/mol. The number of amides is 3. The van der Waals surface area contributed by atoms with Crippen LogP contribution < -0.4 is 5.32 Å². The molecule has 0 aliphatic carbocycles. The monoisotopic (exact) mass is 218 g/mol. The van der Waals surface area contributed by atoms with Gasteiger partial charge in [-0.2, -0.15) is 0 Å². The van der Waals surface area contributed by atoms with Crippen molar-refractivity contribution in [3.05, 3.63) is 35.9 Å². The largest absolute Gasteiger partial charge is 0.325 e. The van der Waals surface area contributed by atoms with Crippen LogP contribution in [-0.4, -0.2) is 23.4 Å². The van der Waals surface area contributed by atoms with Gasteiger partial charge in [-0.15, -0.1) is 0 Å². The molecule has 16 heavy (non-hydrogen) atoms. The maximum Gasteiger partial charge on any atom is 0.325 e. The van der Waals surface area contributed by atoms with E-state index in [1.165, 1.54) is 0 Å². The molecule has 1 aliphatic rings. The van der Waals surface area contributed by atoms with Crippen LogP contribution >= 0.6 is 0 Å². The van der Waals surface area contributed by atoms with E-state index < -0.39 is 6.04 Å². The molecule has 1 aromatic rings. The Kier molecular flexibility index (Phi) is 2.90. The SMILES string of the molecule is CCCN1C(=O)NC(=O)[C@H]1c1ccccc1. The van der Waals surface area contributed by atoms with E-state index in [-0.39, 0.29) is 11.9 Å². The molecule has 1 aromatic carbocycles. The first-order chi connectivity index (χ1) is 7.74. The van der Waals surface area contributed by atoms with Gasteiger partial charge < -0.3 is 4.90 Å². The van der Waals surface area contributed by atoms with Gasteiger partial charge >= 0.3 is 6.03 Å². The molecule has 0 saturated carbocycles. The summed E-state index contributed by atoms with van der Waals surface area (Å²) in [6, 6.07) is 8.61. The molecule has 1 saturated heterocycles. The number of benzene rings is 1. The van der Waals surface area contributed by atoms with Gasteiger partial charge in [0, 0.05) is 6.54 Å². The highest BCUT2D eigenvalue weighted by Gasteiger charge is 2.38. The lowest BCUT2D eigenvalue weighted by molar-refractivity contribution is -0.121. The van der Waals surface area contributed by atoms with E-state index >= 15 is 0 Å². The third kappa shape index (κ3) is 1.78. The van der Waals surface area contributed by atoms with Crippen LogP contribution in [0.4, 0.5) is 4.79 Å². The van der Waals surface area contributed by atoms with Crippen molar-refractivity contribution in [1.82, 2.24) is 10.2 Å². The number of hydrogen-bond donors (Lipinski definition) is 1. The van der Waals surface area contributed by atoms with Crippen molar-refractivity contribution in [1.29, 1.82) is 0 Å². The highest BCUT2D eigenvalue weighted by atomic mass is 16.2. The molecule has 0 spiro atoms. The maximum atomic E-state index is 11.7. The molecule has 0 aromatic heterocycles. The molecule has 1 fully saturated rings. The third-order valence-electron chi connectivity index (χ3n) is 2.63. The summed E-state index contributed by atoms with van der Waals surface area (Å²) in [5, 5.41) is 2.35. The fourth-order valence-corrected chi connectivity index (χ4v) is 1.94. The van der Waals surface area contributed by atoms with Crippen LogP contribution in [0.15, 0.2) is 30.3 Å². The summed E-state index contributed by atoms with van der Waals surface area (Å²) in [7, 11) is 0. The topological polar surface area (TPSA) is 49.4 Å². The first-order valence-electron chi connectivity index (χ1n) is 5.40. The Hall–Kier alpha value is -1.84. The van der Waals surface area contributed by atoms with Gasteiger partial charge in [-0.05, 0) is 12.0 Å². The molecule has 0 radical (unpaired) electrons. The Morgan fingerprint density at radius 2 is 1.94 bits per heavy atom. The Balaban J connectivity index is 2.30. The number of carbonyl (C=O) groups is 2. The Morgan fingerprint density at radius 1 is 1.25 bits per heavy atom. The number of imide groups is 1. The second-order valence-corrected chi connectivity index (χ2v) is 3.80. The minimum absolute atomic E-state index is 0.232. The van der Waals surface area contributed by atoms with Gasteiger partial charge in [0.2, 0.25) is 0 Å². The van der Waals surface area contributed by atoms with E-state index in [9.17, 15) is 9.59 Å². The lowest BCUT2D eigenvalue weighted by Gasteiger charge is -2.21. The Morgan fingerprint density at radius 3 is 2.56 bits per heavy atom. The summed E-state index contributed by atoms with van der Waals surface area (Å²) >= 11 is 0. The van der Waals surface area contributed by atoms with Crippen LogP contribution in [0, 0.1) is 0 Å². The average Bonchev–Trinajstić information content (AvgIpc) is 2.56. The normalized spacial score (nSPS) is 20.1. The number of rotatable bonds is 3. The fraction of sp³-hybridized carbons (Fsp3) is 0.333. The summed E-state index contributed by atoms with van der Waals surface area (Å²) in [6.07, 6.45) is 0.837. The van der Waals surface area contributed by atoms with Crippen LogP contribution in [0.25, 0.3) is 0 Å². The molecule has 4 nitrogen and oxygen atoms in total. The highest BCUT2D eigenvalue weighted by molar-refractivity contribution is 6.04. The number of nitrogens with zero attached hydrogens (tertiary/aromatic N) is 1. The zero-order chi connectivity index (χ0) is 11.5. The smallest absolute Gasteiger partial charge is 0.308 e. The summed E-state index contributed by atoms with van der Waals surface area (Å²) < 4.78 is 0. The molecule has 2 rings (SSSR count). The van der Waals surface area contributed by atoms with Crippen LogP contribution in [0.2, 0.25) is 0 Å². The van der Waals surface area contributed by atoms with Crippen molar-refractivity contribution in [2.75, 3.05) is 6.54 Å². The van der Waals surface area contributed by atoms with Gasteiger partial charge in [0.25, 0.3) is 5.91 Å². The quantitative estimate of drug-likeness (QED) is 0.785. The summed E-state index contributed by atoms with van der Waals surface area (Å²) in [5.74, 6) is -0.232. The molecular formula is C12H14N2O2. The Labute approximate surface area is 94.2 Å². The molecule has 84 valence electrons. The van der Waals surface area contributed by atoms with Gasteiger partial charge in [-0.25, -0.2) is 4.79 Å². The van der Waals surface area contributed by atoms with E-state index in [1.54, 1.807) is 4.90 Å². The van der Waals surface area contributed by atoms with Crippen molar-refractivity contribution >= 4 is 11.9 Å². The number of hydrogen-bond acceptors (Lipinski definition) is 2. The van der Waals surface area contributed by atoms with Gasteiger partial charge in [-0.1, -0.05) is 37.3 Å². The fourth-order valence-electron chi connectivity index (χ4n) is 1.94. The standard InChI is InChI=1S/C12H14N2O2/c1-2-8-14-10(11(15)13-12(14)16)9-6-4-3-5-7-9/h3-7,10H,2,8H2,1H3,(H,13,15,16)/t10-/m1/s1. The third-order valence-corrected chi connectivity index (χ3v) is 2.63. The van der Waals surface area contributed by atoms with Gasteiger partial charge in [0.1, 0.15) is 6.04 Å². The summed E-state index contributed by atoms with van der Waals surface area (Å²) in [5.41, 5.74) is 0.860. The first kappa shape index (κ1) is 10.7. The molecule has 4 heteroatoms. The van der Waals surface area contributed by atoms with Gasteiger partial charge in [-0.3, -0.25) is 10.1 Å².